The molecule has 0 spiro atoms. The zero-order valence-corrected chi connectivity index (χ0v) is 8.75. The second kappa shape index (κ2) is 4.88. The van der Waals surface area contributed by atoms with E-state index in [1.807, 2.05) is 0 Å². The van der Waals surface area contributed by atoms with Gasteiger partial charge in [0.25, 0.3) is 0 Å². The van der Waals surface area contributed by atoms with Crippen LogP contribution in [0.1, 0.15) is 0 Å². The normalized spacial score (nSPS) is 10.3. The van der Waals surface area contributed by atoms with Crippen LogP contribution in [-0.4, -0.2) is 41.4 Å². The summed E-state index contributed by atoms with van der Waals surface area (Å²) in [6.45, 7) is 0.285. The van der Waals surface area contributed by atoms with Gasteiger partial charge in [-0.2, -0.15) is 0 Å². The Labute approximate surface area is 87.1 Å². The zero-order chi connectivity index (χ0) is 10.6. The Morgan fingerprint density at radius 2 is 2.14 bits per heavy atom. The zero-order valence-electron chi connectivity index (χ0n) is 7.99. The number of amides is 1. The van der Waals surface area contributed by atoms with E-state index in [1.54, 1.807) is 19.0 Å². The Balaban J connectivity index is 2.61. The molecule has 1 rings (SSSR count). The molecule has 1 N–H and O–H groups in total. The molecule has 76 valence electrons. The van der Waals surface area contributed by atoms with Gasteiger partial charge in [0.2, 0.25) is 5.91 Å². The maximum absolute atomic E-state index is 11.3. The minimum absolute atomic E-state index is 0.169. The van der Waals surface area contributed by atoms with Crippen molar-refractivity contribution < 1.29 is 4.79 Å². The first-order chi connectivity index (χ1) is 6.59. The van der Waals surface area contributed by atoms with Gasteiger partial charge in [0.15, 0.2) is 11.0 Å². The molecule has 0 radical (unpaired) electrons. The molecule has 1 aromatic heterocycles. The number of carbonyl (C=O) groups excluding carboxylic acids is 1. The Hall–Kier alpha value is -1.20. The van der Waals surface area contributed by atoms with Crippen molar-refractivity contribution in [2.45, 2.75) is 0 Å². The van der Waals surface area contributed by atoms with E-state index in [-0.39, 0.29) is 17.6 Å². The molecule has 1 aromatic rings. The number of hydrogen-bond donors (Lipinski definition) is 1. The van der Waals surface area contributed by atoms with Crippen LogP contribution in [-0.2, 0) is 4.79 Å². The van der Waals surface area contributed by atoms with E-state index in [4.69, 9.17) is 11.6 Å². The van der Waals surface area contributed by atoms with Crippen LogP contribution < -0.4 is 5.32 Å². The fourth-order valence-corrected chi connectivity index (χ4v) is 1.02. The highest BCUT2D eigenvalue weighted by Gasteiger charge is 2.07. The number of rotatable bonds is 3. The summed E-state index contributed by atoms with van der Waals surface area (Å²) in [7, 11) is 3.61. The molecule has 0 atom stereocenters. The average Bonchev–Trinajstić information content (AvgIpc) is 2.07. The van der Waals surface area contributed by atoms with Crippen molar-refractivity contribution in [1.82, 2.24) is 14.9 Å². The first-order valence-electron chi connectivity index (χ1n) is 4.00. The van der Waals surface area contributed by atoms with Crippen molar-refractivity contribution in [3.05, 3.63) is 17.5 Å². The molecular formula is C8H11ClN4O. The van der Waals surface area contributed by atoms with E-state index in [9.17, 15) is 4.79 Å². The molecule has 1 amide bonds. The van der Waals surface area contributed by atoms with Crippen molar-refractivity contribution in [3.8, 4) is 0 Å². The molecule has 0 aliphatic heterocycles. The summed E-state index contributed by atoms with van der Waals surface area (Å²) in [4.78, 5) is 20.7. The van der Waals surface area contributed by atoms with Crippen molar-refractivity contribution in [2.24, 2.45) is 0 Å². The lowest BCUT2D eigenvalue weighted by atomic mass is 10.5. The van der Waals surface area contributed by atoms with E-state index in [0.717, 1.165) is 0 Å². The predicted octanol–water partition coefficient (Wildman–Crippen LogP) is 0.630. The quantitative estimate of drug-likeness (QED) is 0.802. The number of aromatic nitrogens is 2. The van der Waals surface area contributed by atoms with Gasteiger partial charge >= 0.3 is 0 Å². The lowest BCUT2D eigenvalue weighted by Gasteiger charge is -2.09. The Bertz CT molecular complexity index is 329. The molecule has 0 aliphatic rings. The lowest BCUT2D eigenvalue weighted by Crippen LogP contribution is -2.27. The molecular weight excluding hydrogens is 204 g/mol. The molecule has 6 heteroatoms. The smallest absolute Gasteiger partial charge is 0.239 e. The molecule has 0 saturated carbocycles. The van der Waals surface area contributed by atoms with Gasteiger partial charge in [0.1, 0.15) is 0 Å². The topological polar surface area (TPSA) is 58.1 Å². The standard InChI is InChI=1S/C8H11ClN4O/c1-13(2)5-6(14)12-8-7(9)10-3-4-11-8/h3-4H,5H2,1-2H3,(H,11,12,14). The van der Waals surface area contributed by atoms with Crippen LogP contribution in [0.5, 0.6) is 0 Å². The Kier molecular flexibility index (Phi) is 3.79. The van der Waals surface area contributed by atoms with Crippen molar-refractivity contribution in [2.75, 3.05) is 26.0 Å². The molecule has 5 nitrogen and oxygen atoms in total. The van der Waals surface area contributed by atoms with Crippen LogP contribution in [0, 0.1) is 0 Å². The van der Waals surface area contributed by atoms with Crippen LogP contribution in [0.25, 0.3) is 0 Å². The van der Waals surface area contributed by atoms with Gasteiger partial charge in [-0.25, -0.2) is 9.97 Å². The molecule has 0 aliphatic carbocycles. The number of hydrogen-bond acceptors (Lipinski definition) is 4. The van der Waals surface area contributed by atoms with Crippen molar-refractivity contribution >= 4 is 23.3 Å². The monoisotopic (exact) mass is 214 g/mol. The van der Waals surface area contributed by atoms with Crippen LogP contribution in [0.15, 0.2) is 12.4 Å². The Morgan fingerprint density at radius 1 is 1.50 bits per heavy atom. The lowest BCUT2D eigenvalue weighted by molar-refractivity contribution is -0.116. The van der Waals surface area contributed by atoms with E-state index in [0.29, 0.717) is 5.82 Å². The summed E-state index contributed by atoms with van der Waals surface area (Å²) in [5.41, 5.74) is 0. The number of nitrogens with zero attached hydrogens (tertiary/aromatic N) is 3. The third kappa shape index (κ3) is 3.27. The summed E-state index contributed by atoms with van der Waals surface area (Å²) >= 11 is 5.70. The summed E-state index contributed by atoms with van der Waals surface area (Å²) in [6, 6.07) is 0. The second-order valence-corrected chi connectivity index (χ2v) is 3.34. The second-order valence-electron chi connectivity index (χ2n) is 2.98. The SMILES string of the molecule is CN(C)CC(=O)Nc1nccnc1Cl. The van der Waals surface area contributed by atoms with E-state index >= 15 is 0 Å². The third-order valence-corrected chi connectivity index (χ3v) is 1.65. The Morgan fingerprint density at radius 3 is 2.71 bits per heavy atom. The molecule has 1 heterocycles. The number of likely N-dealkylation sites (N-methyl/N-ethyl adjacent to an activating group) is 1. The minimum Gasteiger partial charge on any atom is -0.307 e. The molecule has 14 heavy (non-hydrogen) atoms. The van der Waals surface area contributed by atoms with Crippen molar-refractivity contribution in [3.63, 3.8) is 0 Å². The van der Waals surface area contributed by atoms with Gasteiger partial charge in [-0.05, 0) is 14.1 Å². The van der Waals surface area contributed by atoms with Crippen LogP contribution >= 0.6 is 11.6 Å². The first kappa shape index (κ1) is 10.9. The summed E-state index contributed by atoms with van der Waals surface area (Å²) in [6.07, 6.45) is 2.93. The van der Waals surface area contributed by atoms with Crippen LogP contribution in [0.4, 0.5) is 5.82 Å². The minimum atomic E-state index is -0.169. The van der Waals surface area contributed by atoms with Crippen LogP contribution in [0.2, 0.25) is 5.15 Å². The maximum atomic E-state index is 11.3. The van der Waals surface area contributed by atoms with Gasteiger partial charge in [0, 0.05) is 12.4 Å². The van der Waals surface area contributed by atoms with Gasteiger partial charge < -0.3 is 10.2 Å². The largest absolute Gasteiger partial charge is 0.307 e. The van der Waals surface area contributed by atoms with E-state index in [1.165, 1.54) is 12.4 Å². The summed E-state index contributed by atoms with van der Waals surface area (Å²) in [5, 5.41) is 2.75. The first-order valence-corrected chi connectivity index (χ1v) is 4.38. The number of carbonyl (C=O) groups is 1. The van der Waals surface area contributed by atoms with Crippen molar-refractivity contribution in [1.29, 1.82) is 0 Å². The molecule has 0 fully saturated rings. The summed E-state index contributed by atoms with van der Waals surface area (Å²) in [5.74, 6) is 0.124. The molecule has 0 aromatic carbocycles. The summed E-state index contributed by atoms with van der Waals surface area (Å²) < 4.78 is 0. The highest BCUT2D eigenvalue weighted by Crippen LogP contribution is 2.13. The van der Waals surface area contributed by atoms with Gasteiger partial charge in [0.05, 0.1) is 6.54 Å². The van der Waals surface area contributed by atoms with Crippen LogP contribution in [0.3, 0.4) is 0 Å². The highest BCUT2D eigenvalue weighted by atomic mass is 35.5. The average molecular weight is 215 g/mol. The third-order valence-electron chi connectivity index (χ3n) is 1.37. The highest BCUT2D eigenvalue weighted by molar-refractivity contribution is 6.32. The predicted molar refractivity (Wildman–Crippen MR) is 54.2 cm³/mol. The van der Waals surface area contributed by atoms with Gasteiger partial charge in [-0.1, -0.05) is 11.6 Å². The molecule has 0 bridgehead atoms. The van der Waals surface area contributed by atoms with E-state index < -0.39 is 0 Å². The number of halogens is 1. The maximum Gasteiger partial charge on any atom is 0.239 e. The fourth-order valence-electron chi connectivity index (χ4n) is 0.864. The van der Waals surface area contributed by atoms with E-state index in [2.05, 4.69) is 15.3 Å². The fraction of sp³-hybridized carbons (Fsp3) is 0.375. The molecule has 0 unspecified atom stereocenters. The number of anilines is 1. The number of nitrogens with one attached hydrogen (secondary N) is 1. The van der Waals surface area contributed by atoms with Gasteiger partial charge in [-0.15, -0.1) is 0 Å². The molecule has 0 saturated heterocycles. The van der Waals surface area contributed by atoms with Gasteiger partial charge in [-0.3, -0.25) is 4.79 Å².